The van der Waals surface area contributed by atoms with Gasteiger partial charge < -0.3 is 24.6 Å². The molecule has 34 heavy (non-hydrogen) atoms. The number of hydrogen-bond acceptors (Lipinski definition) is 5. The van der Waals surface area contributed by atoms with Crippen LogP contribution in [0.1, 0.15) is 41.3 Å². The lowest BCUT2D eigenvalue weighted by Crippen LogP contribution is -2.49. The Morgan fingerprint density at radius 1 is 1.15 bits per heavy atom. The van der Waals surface area contributed by atoms with Crippen LogP contribution in [0.3, 0.4) is 0 Å². The van der Waals surface area contributed by atoms with Crippen LogP contribution in [0.25, 0.3) is 0 Å². The first-order valence-electron chi connectivity index (χ1n) is 11.9. The Balaban J connectivity index is 1.23. The minimum Gasteiger partial charge on any atom is -0.489 e. The van der Waals surface area contributed by atoms with Gasteiger partial charge in [-0.15, -0.1) is 0 Å². The van der Waals surface area contributed by atoms with Crippen molar-refractivity contribution in [2.75, 3.05) is 19.7 Å². The summed E-state index contributed by atoms with van der Waals surface area (Å²) in [7, 11) is 0. The molecule has 0 aliphatic carbocycles. The third-order valence-corrected chi connectivity index (χ3v) is 6.38. The van der Waals surface area contributed by atoms with E-state index in [1.807, 2.05) is 30.3 Å². The van der Waals surface area contributed by atoms with Gasteiger partial charge in [-0.05, 0) is 36.1 Å². The standard InChI is InChI=1S/C26H27N3O5/c1-17-5-10-22(25(31)27-17)29-14-21-20(26(29)32)3-2-4-23(21)34-15-19-8-6-18(7-9-19)13-28-11-12-33-16-24(28)30/h2-4,6-9,22H,1,5,10-16H2,(H,27,31)/i11D. The molecule has 3 aliphatic heterocycles. The molecule has 3 heterocycles. The van der Waals surface area contributed by atoms with Gasteiger partial charge in [0.15, 0.2) is 0 Å². The molecule has 176 valence electrons. The number of morpholine rings is 1. The molecule has 0 spiro atoms. The molecule has 0 aromatic heterocycles. The van der Waals surface area contributed by atoms with Crippen LogP contribution >= 0.6 is 0 Å². The predicted octanol–water partition coefficient (Wildman–Crippen LogP) is 2.37. The van der Waals surface area contributed by atoms with Crippen LogP contribution in [0.15, 0.2) is 54.7 Å². The number of rotatable bonds is 6. The lowest BCUT2D eigenvalue weighted by molar-refractivity contribution is -0.143. The molecule has 2 aromatic carbocycles. The molecule has 3 amide bonds. The maximum Gasteiger partial charge on any atom is 0.255 e. The van der Waals surface area contributed by atoms with Gasteiger partial charge in [0.25, 0.3) is 5.91 Å². The van der Waals surface area contributed by atoms with Crippen LogP contribution < -0.4 is 10.1 Å². The summed E-state index contributed by atoms with van der Waals surface area (Å²) in [5.41, 5.74) is 3.90. The lowest BCUT2D eigenvalue weighted by Gasteiger charge is -2.31. The summed E-state index contributed by atoms with van der Waals surface area (Å²) < 4.78 is 19.2. The fraction of sp³-hybridized carbons (Fsp3) is 0.346. The van der Waals surface area contributed by atoms with Gasteiger partial charge in [-0.2, -0.15) is 0 Å². The summed E-state index contributed by atoms with van der Waals surface area (Å²) in [5.74, 6) is 0.0909. The number of allylic oxidation sites excluding steroid dienone is 1. The molecule has 8 nitrogen and oxygen atoms in total. The molecule has 1 N–H and O–H groups in total. The third-order valence-electron chi connectivity index (χ3n) is 6.38. The number of amides is 3. The molecule has 3 aliphatic rings. The smallest absolute Gasteiger partial charge is 0.255 e. The molecular weight excluding hydrogens is 434 g/mol. The van der Waals surface area contributed by atoms with Gasteiger partial charge in [0, 0.05) is 29.9 Å². The summed E-state index contributed by atoms with van der Waals surface area (Å²) in [5, 5.41) is 2.75. The summed E-state index contributed by atoms with van der Waals surface area (Å²) in [6.45, 7) is 4.36. The quantitative estimate of drug-likeness (QED) is 0.712. The Morgan fingerprint density at radius 2 is 1.94 bits per heavy atom. The second kappa shape index (κ2) is 9.30. The van der Waals surface area contributed by atoms with Crippen molar-refractivity contribution in [1.29, 1.82) is 0 Å². The predicted molar refractivity (Wildman–Crippen MR) is 124 cm³/mol. The number of nitrogens with one attached hydrogen (secondary N) is 1. The number of fused-ring (bicyclic) bond motifs is 1. The average molecular weight is 463 g/mol. The van der Waals surface area contributed by atoms with E-state index in [4.69, 9.17) is 10.8 Å². The van der Waals surface area contributed by atoms with Gasteiger partial charge in [-0.25, -0.2) is 0 Å². The fourth-order valence-electron chi connectivity index (χ4n) is 4.50. The van der Waals surface area contributed by atoms with Crippen molar-refractivity contribution in [2.45, 2.75) is 38.6 Å². The molecule has 2 fully saturated rings. The minimum absolute atomic E-state index is 0.0172. The maximum absolute atomic E-state index is 13.0. The van der Waals surface area contributed by atoms with Crippen molar-refractivity contribution in [3.05, 3.63) is 77.0 Å². The minimum atomic E-state index is -0.694. The van der Waals surface area contributed by atoms with Crippen LogP contribution in [0.4, 0.5) is 0 Å². The average Bonchev–Trinajstić information content (AvgIpc) is 3.18. The number of ether oxygens (including phenoxy) is 2. The van der Waals surface area contributed by atoms with Crippen molar-refractivity contribution in [3.8, 4) is 5.75 Å². The van der Waals surface area contributed by atoms with Gasteiger partial charge in [-0.3, -0.25) is 14.4 Å². The van der Waals surface area contributed by atoms with Crippen molar-refractivity contribution < 1.29 is 25.2 Å². The zero-order valence-corrected chi connectivity index (χ0v) is 18.8. The monoisotopic (exact) mass is 462 g/mol. The first-order valence-corrected chi connectivity index (χ1v) is 11.3. The van der Waals surface area contributed by atoms with E-state index in [1.165, 1.54) is 4.90 Å². The van der Waals surface area contributed by atoms with E-state index in [9.17, 15) is 14.4 Å². The van der Waals surface area contributed by atoms with Crippen molar-refractivity contribution in [2.24, 2.45) is 0 Å². The molecule has 2 unspecified atom stereocenters. The maximum atomic E-state index is 13.0. The molecule has 8 heteroatoms. The van der Waals surface area contributed by atoms with E-state index in [-0.39, 0.29) is 30.9 Å². The molecule has 0 saturated carbocycles. The summed E-state index contributed by atoms with van der Waals surface area (Å²) in [6, 6.07) is 12.6. The Labute approximate surface area is 199 Å². The zero-order chi connectivity index (χ0) is 24.5. The number of nitrogens with zero attached hydrogens (tertiary/aromatic N) is 2. The van der Waals surface area contributed by atoms with Crippen molar-refractivity contribution in [3.63, 3.8) is 0 Å². The van der Waals surface area contributed by atoms with Gasteiger partial charge in [-0.1, -0.05) is 36.9 Å². The molecule has 0 bridgehead atoms. The van der Waals surface area contributed by atoms with Crippen LogP contribution in [0, 0.1) is 0 Å². The highest BCUT2D eigenvalue weighted by Gasteiger charge is 2.39. The largest absolute Gasteiger partial charge is 0.489 e. The van der Waals surface area contributed by atoms with Crippen LogP contribution in [-0.2, 0) is 34.0 Å². The van der Waals surface area contributed by atoms with Crippen molar-refractivity contribution in [1.82, 2.24) is 15.1 Å². The topological polar surface area (TPSA) is 88.2 Å². The zero-order valence-electron chi connectivity index (χ0n) is 19.8. The Kier molecular flexibility index (Phi) is 5.73. The highest BCUT2D eigenvalue weighted by Crippen LogP contribution is 2.34. The highest BCUT2D eigenvalue weighted by atomic mass is 16.5. The Hall–Kier alpha value is -3.65. The van der Waals surface area contributed by atoms with Gasteiger partial charge >= 0.3 is 0 Å². The van der Waals surface area contributed by atoms with E-state index in [2.05, 4.69) is 11.9 Å². The summed E-state index contributed by atoms with van der Waals surface area (Å²) in [4.78, 5) is 40.6. The summed E-state index contributed by atoms with van der Waals surface area (Å²) in [6.07, 6.45) is 1.21. The van der Waals surface area contributed by atoms with Gasteiger partial charge in [0.2, 0.25) is 11.8 Å². The molecule has 0 radical (unpaired) electrons. The molecule has 2 aromatic rings. The lowest BCUT2D eigenvalue weighted by atomic mass is 10.0. The third kappa shape index (κ3) is 4.41. The molecule has 2 atom stereocenters. The number of benzene rings is 2. The van der Waals surface area contributed by atoms with Crippen LogP contribution in [0.2, 0.25) is 0 Å². The van der Waals surface area contributed by atoms with Crippen LogP contribution in [-0.4, -0.2) is 53.3 Å². The Bertz CT molecular complexity index is 1180. The van der Waals surface area contributed by atoms with Crippen molar-refractivity contribution >= 4 is 17.7 Å². The first kappa shape index (κ1) is 20.9. The SMILES string of the molecule is [2H]C1COCC(=O)N1Cc1ccc(COc2cccc3c2CN(C2CCC(=C)NC2=O)C3=O)cc1. The number of carbonyl (C=O) groups is 3. The Morgan fingerprint density at radius 3 is 2.71 bits per heavy atom. The molecule has 2 saturated heterocycles. The van der Waals surface area contributed by atoms with Gasteiger partial charge in [0.1, 0.15) is 25.0 Å². The van der Waals surface area contributed by atoms with E-state index < -0.39 is 12.6 Å². The number of piperidine rings is 1. The van der Waals surface area contributed by atoms with Gasteiger partial charge in [0.05, 0.1) is 14.5 Å². The second-order valence-electron chi connectivity index (χ2n) is 8.69. The first-order chi connectivity index (χ1) is 16.9. The number of carbonyl (C=O) groups excluding carboxylic acids is 3. The van der Waals surface area contributed by atoms with E-state index in [0.29, 0.717) is 49.5 Å². The van der Waals surface area contributed by atoms with E-state index in [1.54, 1.807) is 17.0 Å². The molecular formula is C26H27N3O5. The summed E-state index contributed by atoms with van der Waals surface area (Å²) >= 11 is 0. The number of hydrogen-bond donors (Lipinski definition) is 1. The fourth-order valence-corrected chi connectivity index (χ4v) is 4.50. The molecule has 5 rings (SSSR count). The van der Waals surface area contributed by atoms with E-state index in [0.717, 1.165) is 16.7 Å². The normalized spacial score (nSPS) is 23.0. The van der Waals surface area contributed by atoms with E-state index >= 15 is 0 Å². The van der Waals surface area contributed by atoms with Crippen LogP contribution in [0.5, 0.6) is 5.75 Å². The highest BCUT2D eigenvalue weighted by molar-refractivity contribution is 6.02. The second-order valence-corrected chi connectivity index (χ2v) is 8.69.